The van der Waals surface area contributed by atoms with Gasteiger partial charge in [-0.05, 0) is 37.1 Å². The summed E-state index contributed by atoms with van der Waals surface area (Å²) in [6, 6.07) is 14.2. The first-order chi connectivity index (χ1) is 19.6. The first kappa shape index (κ1) is 31.8. The molecule has 222 valence electrons. The third-order valence-electron chi connectivity index (χ3n) is 6.31. The van der Waals surface area contributed by atoms with Crippen molar-refractivity contribution >= 4 is 21.8 Å². The van der Waals surface area contributed by atoms with E-state index in [9.17, 15) is 23.1 Å². The molecule has 0 radical (unpaired) electrons. The molecule has 1 aliphatic rings. The Balaban J connectivity index is 1.98. The summed E-state index contributed by atoms with van der Waals surface area (Å²) in [6.45, 7) is 3.31. The number of amides is 2. The first-order valence-electron chi connectivity index (χ1n) is 13.3. The van der Waals surface area contributed by atoms with Gasteiger partial charge in [0.05, 0.1) is 29.7 Å². The van der Waals surface area contributed by atoms with Gasteiger partial charge in [0.2, 0.25) is 22.7 Å². The maximum absolute atomic E-state index is 13.8. The summed E-state index contributed by atoms with van der Waals surface area (Å²) < 4.78 is 39.5. The molecule has 2 aromatic carbocycles. The standard InChI is InChI=1S/C28H37N5O7S/c1-20(2)17-32(41(37,38)22-11-12-25-26(15-22)40-19-39-25)18-24(34)23(14-21-8-5-4-6-9-21)33(28(36)10-7-13-29)31-27(35)16-30-3/h4-6,8-9,11-12,15,20,23-24,30,34H,7,10,14,16-19H2,1-3H3,(H,31,35)/t23?,24-/m1/s1. The van der Waals surface area contributed by atoms with Crippen molar-refractivity contribution in [1.29, 1.82) is 5.26 Å². The lowest BCUT2D eigenvalue weighted by atomic mass is 9.99. The number of carbonyl (C=O) groups is 2. The highest BCUT2D eigenvalue weighted by Crippen LogP contribution is 2.35. The molecule has 2 amide bonds. The molecule has 2 aromatic rings. The molecular weight excluding hydrogens is 550 g/mol. The maximum Gasteiger partial charge on any atom is 0.252 e. The van der Waals surface area contributed by atoms with E-state index in [-0.39, 0.29) is 56.5 Å². The maximum atomic E-state index is 13.8. The molecule has 1 aliphatic heterocycles. The molecule has 0 saturated heterocycles. The van der Waals surface area contributed by atoms with Crippen LogP contribution in [-0.4, -0.2) is 80.3 Å². The second-order valence-corrected chi connectivity index (χ2v) is 12.0. The Bertz CT molecular complexity index is 1330. The van der Waals surface area contributed by atoms with E-state index in [1.165, 1.54) is 22.5 Å². The predicted octanol–water partition coefficient (Wildman–Crippen LogP) is 1.42. The fourth-order valence-electron chi connectivity index (χ4n) is 4.40. The van der Waals surface area contributed by atoms with E-state index >= 15 is 0 Å². The predicted molar refractivity (Wildman–Crippen MR) is 150 cm³/mol. The van der Waals surface area contributed by atoms with Crippen LogP contribution in [0.25, 0.3) is 0 Å². The van der Waals surface area contributed by atoms with Crippen LogP contribution in [0, 0.1) is 17.2 Å². The number of hydrogen-bond donors (Lipinski definition) is 3. The van der Waals surface area contributed by atoms with Crippen LogP contribution in [0.5, 0.6) is 11.5 Å². The summed E-state index contributed by atoms with van der Waals surface area (Å²) in [5.74, 6) is -0.465. The van der Waals surface area contributed by atoms with E-state index in [0.717, 1.165) is 10.6 Å². The van der Waals surface area contributed by atoms with Gasteiger partial charge < -0.3 is 19.9 Å². The Morgan fingerprint density at radius 2 is 1.80 bits per heavy atom. The van der Waals surface area contributed by atoms with Gasteiger partial charge in [-0.15, -0.1) is 0 Å². The van der Waals surface area contributed by atoms with E-state index in [2.05, 4.69) is 10.7 Å². The summed E-state index contributed by atoms with van der Waals surface area (Å²) in [5.41, 5.74) is 3.31. The van der Waals surface area contributed by atoms with Gasteiger partial charge in [-0.25, -0.2) is 13.4 Å². The van der Waals surface area contributed by atoms with E-state index < -0.39 is 34.0 Å². The van der Waals surface area contributed by atoms with E-state index in [1.807, 2.05) is 38.1 Å². The van der Waals surface area contributed by atoms with E-state index in [4.69, 9.17) is 14.7 Å². The molecular formula is C28H37N5O7S. The third kappa shape index (κ3) is 8.64. The minimum Gasteiger partial charge on any atom is -0.454 e. The second-order valence-electron chi connectivity index (χ2n) is 10.0. The van der Waals surface area contributed by atoms with Crippen molar-refractivity contribution < 1.29 is 32.6 Å². The number of nitriles is 1. The molecule has 0 bridgehead atoms. The lowest BCUT2D eigenvalue weighted by molar-refractivity contribution is -0.147. The zero-order valence-electron chi connectivity index (χ0n) is 23.4. The highest BCUT2D eigenvalue weighted by Gasteiger charge is 2.36. The normalized spacial score (nSPS) is 14.0. The molecule has 13 heteroatoms. The zero-order chi connectivity index (χ0) is 30.0. The highest BCUT2D eigenvalue weighted by molar-refractivity contribution is 7.89. The number of rotatable bonds is 14. The lowest BCUT2D eigenvalue weighted by Crippen LogP contribution is -2.60. The van der Waals surface area contributed by atoms with Crippen LogP contribution in [0.15, 0.2) is 53.4 Å². The van der Waals surface area contributed by atoms with Crippen LogP contribution in [0.4, 0.5) is 0 Å². The molecule has 1 heterocycles. The molecule has 12 nitrogen and oxygen atoms in total. The third-order valence-corrected chi connectivity index (χ3v) is 8.13. The number of fused-ring (bicyclic) bond motifs is 1. The quantitative estimate of drug-likeness (QED) is 0.278. The topological polar surface area (TPSA) is 161 Å². The molecule has 0 spiro atoms. The molecule has 0 aromatic heterocycles. The Morgan fingerprint density at radius 3 is 2.46 bits per heavy atom. The summed E-state index contributed by atoms with van der Waals surface area (Å²) in [4.78, 5) is 25.8. The van der Waals surface area contributed by atoms with Gasteiger partial charge in [0.15, 0.2) is 11.5 Å². The number of nitrogens with zero attached hydrogens (tertiary/aromatic N) is 3. The van der Waals surface area contributed by atoms with Crippen molar-refractivity contribution in [1.82, 2.24) is 20.1 Å². The molecule has 2 atom stereocenters. The Morgan fingerprint density at radius 1 is 1.10 bits per heavy atom. The SMILES string of the molecule is CNCC(=O)NN(C(=O)CCC#N)C(Cc1ccccc1)[C@H](O)CN(CC(C)C)S(=O)(=O)c1ccc2c(c1)OCO2. The molecule has 3 rings (SSSR count). The monoisotopic (exact) mass is 587 g/mol. The highest BCUT2D eigenvalue weighted by atomic mass is 32.2. The lowest BCUT2D eigenvalue weighted by Gasteiger charge is -2.37. The number of nitrogens with one attached hydrogen (secondary N) is 2. The molecule has 41 heavy (non-hydrogen) atoms. The molecule has 0 aliphatic carbocycles. The smallest absolute Gasteiger partial charge is 0.252 e. The van der Waals surface area contributed by atoms with Gasteiger partial charge in [-0.1, -0.05) is 44.2 Å². The fraction of sp³-hybridized carbons (Fsp3) is 0.464. The molecule has 0 saturated carbocycles. The van der Waals surface area contributed by atoms with Gasteiger partial charge >= 0.3 is 0 Å². The van der Waals surface area contributed by atoms with Crippen LogP contribution in [0.3, 0.4) is 0 Å². The Labute approximate surface area is 240 Å². The number of benzene rings is 2. The first-order valence-corrected chi connectivity index (χ1v) is 14.8. The average molecular weight is 588 g/mol. The Kier molecular flexibility index (Phi) is 11.5. The summed E-state index contributed by atoms with van der Waals surface area (Å²) in [5, 5.41) is 24.4. The number of sulfonamides is 1. The second kappa shape index (κ2) is 14.8. The zero-order valence-corrected chi connectivity index (χ0v) is 24.3. The number of hydrazine groups is 1. The van der Waals surface area contributed by atoms with E-state index in [1.54, 1.807) is 19.2 Å². The minimum absolute atomic E-state index is 0.0106. The fourth-order valence-corrected chi connectivity index (χ4v) is 6.04. The van der Waals surface area contributed by atoms with Crippen molar-refractivity contribution in [3.05, 3.63) is 54.1 Å². The average Bonchev–Trinajstić information content (AvgIpc) is 3.42. The van der Waals surface area contributed by atoms with Gasteiger partial charge in [-0.2, -0.15) is 9.57 Å². The number of aliphatic hydroxyl groups excluding tert-OH is 1. The summed E-state index contributed by atoms with van der Waals surface area (Å²) in [6.07, 6.45) is -1.60. The number of ether oxygens (including phenoxy) is 2. The van der Waals surface area contributed by atoms with Crippen LogP contribution in [-0.2, 0) is 26.0 Å². The minimum atomic E-state index is -4.12. The number of carbonyl (C=O) groups excluding carboxylic acids is 2. The van der Waals surface area contributed by atoms with Gasteiger partial charge in [0.25, 0.3) is 5.91 Å². The summed E-state index contributed by atoms with van der Waals surface area (Å²) >= 11 is 0. The van der Waals surface area contributed by atoms with Gasteiger partial charge in [0, 0.05) is 32.0 Å². The number of likely N-dealkylation sites (N-methyl/N-ethyl adjacent to an activating group) is 1. The van der Waals surface area contributed by atoms with Crippen molar-refractivity contribution in [3.63, 3.8) is 0 Å². The van der Waals surface area contributed by atoms with Crippen LogP contribution >= 0.6 is 0 Å². The number of aliphatic hydroxyl groups is 1. The van der Waals surface area contributed by atoms with Crippen molar-refractivity contribution in [2.45, 2.75) is 50.2 Å². The van der Waals surface area contributed by atoms with Crippen molar-refractivity contribution in [2.24, 2.45) is 5.92 Å². The molecule has 0 fully saturated rings. The van der Waals surface area contributed by atoms with Crippen LogP contribution in [0.1, 0.15) is 32.3 Å². The summed E-state index contributed by atoms with van der Waals surface area (Å²) in [7, 11) is -2.55. The molecule has 1 unspecified atom stereocenters. The Hall–Kier alpha value is -3.70. The van der Waals surface area contributed by atoms with Crippen molar-refractivity contribution in [3.8, 4) is 17.6 Å². The van der Waals surface area contributed by atoms with Crippen molar-refractivity contribution in [2.75, 3.05) is 33.5 Å². The van der Waals surface area contributed by atoms with Crippen LogP contribution < -0.4 is 20.2 Å². The van der Waals surface area contributed by atoms with E-state index in [0.29, 0.717) is 11.5 Å². The van der Waals surface area contributed by atoms with Gasteiger partial charge in [-0.3, -0.25) is 15.0 Å². The molecule has 3 N–H and O–H groups in total. The van der Waals surface area contributed by atoms with Gasteiger partial charge in [0.1, 0.15) is 0 Å². The van der Waals surface area contributed by atoms with Crippen LogP contribution in [0.2, 0.25) is 0 Å². The largest absolute Gasteiger partial charge is 0.454 e. The number of hydrogen-bond acceptors (Lipinski definition) is 9.